The maximum Gasteiger partial charge on any atom is 0.262 e. The maximum atomic E-state index is 13.6. The van der Waals surface area contributed by atoms with Gasteiger partial charge in [0, 0.05) is 0 Å². The summed E-state index contributed by atoms with van der Waals surface area (Å²) in [5.74, 6) is -1.41. The monoisotopic (exact) mass is 327 g/mol. The summed E-state index contributed by atoms with van der Waals surface area (Å²) in [7, 11) is -4.10. The van der Waals surface area contributed by atoms with Crippen LogP contribution in [0.4, 0.5) is 14.5 Å². The topological polar surface area (TPSA) is 55.4 Å². The molecule has 0 spiro atoms. The van der Waals surface area contributed by atoms with Gasteiger partial charge < -0.3 is 4.74 Å². The molecule has 0 amide bonds. The Morgan fingerprint density at radius 2 is 1.77 bits per heavy atom. The average Bonchev–Trinajstić information content (AvgIpc) is 2.45. The molecule has 0 aromatic heterocycles. The van der Waals surface area contributed by atoms with E-state index in [1.165, 1.54) is 18.2 Å². The molecule has 0 heterocycles. The smallest absolute Gasteiger partial charge is 0.262 e. The van der Waals surface area contributed by atoms with Crippen LogP contribution in [0.3, 0.4) is 0 Å². The number of ether oxygens (including phenoxy) is 1. The van der Waals surface area contributed by atoms with Gasteiger partial charge in [0.2, 0.25) is 0 Å². The SMILES string of the molecule is CCOc1ccc(S(=O)(=O)Nc2c(F)cccc2F)cc1C. The zero-order valence-corrected chi connectivity index (χ0v) is 12.9. The van der Waals surface area contributed by atoms with Gasteiger partial charge in [-0.25, -0.2) is 17.2 Å². The Morgan fingerprint density at radius 3 is 2.32 bits per heavy atom. The molecular weight excluding hydrogens is 312 g/mol. The third-order valence-electron chi connectivity index (χ3n) is 2.96. The van der Waals surface area contributed by atoms with Gasteiger partial charge in [0.05, 0.1) is 11.5 Å². The summed E-state index contributed by atoms with van der Waals surface area (Å²) in [6, 6.07) is 7.31. The average molecular weight is 327 g/mol. The fraction of sp³-hybridized carbons (Fsp3) is 0.200. The van der Waals surface area contributed by atoms with Gasteiger partial charge in [0.1, 0.15) is 23.1 Å². The molecule has 0 aliphatic rings. The summed E-state index contributed by atoms with van der Waals surface area (Å²) in [6.45, 7) is 3.95. The minimum atomic E-state index is -4.10. The van der Waals surface area contributed by atoms with E-state index in [-0.39, 0.29) is 4.90 Å². The third-order valence-corrected chi connectivity index (χ3v) is 4.30. The van der Waals surface area contributed by atoms with Gasteiger partial charge in [-0.2, -0.15) is 0 Å². The zero-order chi connectivity index (χ0) is 16.3. The summed E-state index contributed by atoms with van der Waals surface area (Å²) in [5.41, 5.74) is -0.0900. The lowest BCUT2D eigenvalue weighted by molar-refractivity contribution is 0.337. The highest BCUT2D eigenvalue weighted by atomic mass is 32.2. The second-order valence-corrected chi connectivity index (χ2v) is 6.24. The number of hydrogen-bond acceptors (Lipinski definition) is 3. The molecular formula is C15H15F2NO3S. The number of rotatable bonds is 5. The number of nitrogens with one attached hydrogen (secondary N) is 1. The van der Waals surface area contributed by atoms with Gasteiger partial charge >= 0.3 is 0 Å². The Kier molecular flexibility index (Phi) is 4.65. The van der Waals surface area contributed by atoms with Crippen molar-refractivity contribution in [1.82, 2.24) is 0 Å². The van der Waals surface area contributed by atoms with E-state index in [1.54, 1.807) is 6.92 Å². The van der Waals surface area contributed by atoms with Crippen molar-refractivity contribution in [3.8, 4) is 5.75 Å². The van der Waals surface area contributed by atoms with Crippen LogP contribution in [0, 0.1) is 18.6 Å². The van der Waals surface area contributed by atoms with Crippen molar-refractivity contribution in [3.05, 3.63) is 53.6 Å². The van der Waals surface area contributed by atoms with Gasteiger partial charge in [0.25, 0.3) is 10.0 Å². The van der Waals surface area contributed by atoms with Crippen LogP contribution in [0.25, 0.3) is 0 Å². The highest BCUT2D eigenvalue weighted by molar-refractivity contribution is 7.92. The summed E-state index contributed by atoms with van der Waals surface area (Å²) in [4.78, 5) is -0.101. The molecule has 2 aromatic carbocycles. The fourth-order valence-corrected chi connectivity index (χ4v) is 3.06. The van der Waals surface area contributed by atoms with Crippen molar-refractivity contribution < 1.29 is 21.9 Å². The lowest BCUT2D eigenvalue weighted by Crippen LogP contribution is -2.15. The Balaban J connectivity index is 2.37. The molecule has 0 atom stereocenters. The predicted octanol–water partition coefficient (Wildman–Crippen LogP) is 3.47. The summed E-state index contributed by atoms with van der Waals surface area (Å²) >= 11 is 0. The van der Waals surface area contributed by atoms with E-state index in [4.69, 9.17) is 4.74 Å². The van der Waals surface area contributed by atoms with E-state index in [9.17, 15) is 17.2 Å². The number of anilines is 1. The molecule has 0 radical (unpaired) electrons. The molecule has 0 fully saturated rings. The number of sulfonamides is 1. The van der Waals surface area contributed by atoms with E-state index in [2.05, 4.69) is 0 Å². The second-order valence-electron chi connectivity index (χ2n) is 4.56. The van der Waals surface area contributed by atoms with Crippen LogP contribution in [0.15, 0.2) is 41.3 Å². The fourth-order valence-electron chi connectivity index (χ4n) is 1.90. The van der Waals surface area contributed by atoms with Crippen molar-refractivity contribution >= 4 is 15.7 Å². The van der Waals surface area contributed by atoms with Gasteiger partial charge in [-0.05, 0) is 49.7 Å². The summed E-state index contributed by atoms with van der Waals surface area (Å²) in [6.07, 6.45) is 0. The molecule has 22 heavy (non-hydrogen) atoms. The second kappa shape index (κ2) is 6.31. The molecule has 0 saturated carbocycles. The first-order chi connectivity index (χ1) is 10.3. The Labute approximate surface area is 127 Å². The number of halogens is 2. The molecule has 0 aliphatic heterocycles. The van der Waals surface area contributed by atoms with Crippen molar-refractivity contribution in [1.29, 1.82) is 0 Å². The third kappa shape index (κ3) is 3.36. The Hall–Kier alpha value is -2.15. The van der Waals surface area contributed by atoms with Crippen molar-refractivity contribution in [2.75, 3.05) is 11.3 Å². The molecule has 0 unspecified atom stereocenters. The Bertz CT molecular complexity index is 771. The van der Waals surface area contributed by atoms with Gasteiger partial charge in [0.15, 0.2) is 0 Å². The molecule has 118 valence electrons. The van der Waals surface area contributed by atoms with Gasteiger partial charge in [-0.3, -0.25) is 4.72 Å². The lowest BCUT2D eigenvalue weighted by Gasteiger charge is -2.12. The van der Waals surface area contributed by atoms with Crippen LogP contribution in [-0.2, 0) is 10.0 Å². The van der Waals surface area contributed by atoms with E-state index in [0.717, 1.165) is 18.2 Å². The molecule has 1 N–H and O–H groups in total. The number of benzene rings is 2. The van der Waals surface area contributed by atoms with Crippen molar-refractivity contribution in [2.24, 2.45) is 0 Å². The molecule has 0 bridgehead atoms. The van der Waals surface area contributed by atoms with Crippen LogP contribution >= 0.6 is 0 Å². The van der Waals surface area contributed by atoms with Crippen molar-refractivity contribution in [3.63, 3.8) is 0 Å². The molecule has 0 aliphatic carbocycles. The molecule has 4 nitrogen and oxygen atoms in total. The zero-order valence-electron chi connectivity index (χ0n) is 12.1. The summed E-state index contributed by atoms with van der Waals surface area (Å²) in [5, 5.41) is 0. The van der Waals surface area contributed by atoms with Crippen LogP contribution in [0.5, 0.6) is 5.75 Å². The van der Waals surface area contributed by atoms with E-state index in [0.29, 0.717) is 17.9 Å². The van der Waals surface area contributed by atoms with E-state index < -0.39 is 27.3 Å². The highest BCUT2D eigenvalue weighted by Gasteiger charge is 2.19. The minimum Gasteiger partial charge on any atom is -0.494 e. The normalized spacial score (nSPS) is 11.3. The molecule has 2 rings (SSSR count). The van der Waals surface area contributed by atoms with Crippen molar-refractivity contribution in [2.45, 2.75) is 18.7 Å². The minimum absolute atomic E-state index is 0.101. The number of hydrogen-bond donors (Lipinski definition) is 1. The van der Waals surface area contributed by atoms with Gasteiger partial charge in [-0.1, -0.05) is 6.07 Å². The Morgan fingerprint density at radius 1 is 1.14 bits per heavy atom. The summed E-state index contributed by atoms with van der Waals surface area (Å²) < 4.78 is 58.8. The quantitative estimate of drug-likeness (QED) is 0.915. The number of para-hydroxylation sites is 1. The maximum absolute atomic E-state index is 13.6. The predicted molar refractivity (Wildman–Crippen MR) is 79.5 cm³/mol. The lowest BCUT2D eigenvalue weighted by atomic mass is 10.2. The largest absolute Gasteiger partial charge is 0.494 e. The van der Waals surface area contributed by atoms with E-state index >= 15 is 0 Å². The first kappa shape index (κ1) is 16.2. The standard InChI is InChI=1S/C15H15F2NO3S/c1-3-21-14-8-7-11(9-10(14)2)22(19,20)18-15-12(16)5-4-6-13(15)17/h4-9,18H,3H2,1-2H3. The molecule has 2 aromatic rings. The number of aryl methyl sites for hydroxylation is 1. The molecule has 7 heteroatoms. The van der Waals surface area contributed by atoms with Crippen LogP contribution in [-0.4, -0.2) is 15.0 Å². The first-order valence-electron chi connectivity index (χ1n) is 6.55. The van der Waals surface area contributed by atoms with Crippen LogP contribution in [0.1, 0.15) is 12.5 Å². The van der Waals surface area contributed by atoms with Crippen LogP contribution in [0.2, 0.25) is 0 Å². The highest BCUT2D eigenvalue weighted by Crippen LogP contribution is 2.25. The van der Waals surface area contributed by atoms with Gasteiger partial charge in [-0.15, -0.1) is 0 Å². The van der Waals surface area contributed by atoms with Crippen LogP contribution < -0.4 is 9.46 Å². The van der Waals surface area contributed by atoms with E-state index in [1.807, 2.05) is 11.6 Å². The first-order valence-corrected chi connectivity index (χ1v) is 8.03. The molecule has 0 saturated heterocycles.